The second kappa shape index (κ2) is 4.96. The molecule has 0 atom stereocenters. The van der Waals surface area contributed by atoms with Crippen LogP contribution in [0.1, 0.15) is 29.6 Å². The number of carbonyl (C=O) groups is 1. The van der Waals surface area contributed by atoms with E-state index in [4.69, 9.17) is 16.7 Å². The molecule has 0 heterocycles. The van der Waals surface area contributed by atoms with Gasteiger partial charge in [0.05, 0.1) is 18.1 Å². The zero-order valence-electron chi connectivity index (χ0n) is 10.1. The lowest BCUT2D eigenvalue weighted by Crippen LogP contribution is -2.29. The molecule has 0 aromatic heterocycles. The summed E-state index contributed by atoms with van der Waals surface area (Å²) < 4.78 is 0. The number of amides is 1. The highest BCUT2D eigenvalue weighted by Crippen LogP contribution is 2.34. The van der Waals surface area contributed by atoms with Gasteiger partial charge in [0.2, 0.25) is 0 Å². The number of carbonyl (C=O) groups excluding carboxylic acids is 1. The van der Waals surface area contributed by atoms with Crippen LogP contribution in [-0.2, 0) is 0 Å². The molecule has 1 aromatic carbocycles. The summed E-state index contributed by atoms with van der Waals surface area (Å²) in [5.74, 6) is -0.486. The molecule has 5 heteroatoms. The summed E-state index contributed by atoms with van der Waals surface area (Å²) >= 11 is 0. The minimum atomic E-state index is -0.486. The number of anilines is 2. The molecule has 0 unspecified atom stereocenters. The zero-order chi connectivity index (χ0) is 13.1. The number of nitriles is 1. The molecule has 94 valence electrons. The first-order chi connectivity index (χ1) is 8.63. The first-order valence-corrected chi connectivity index (χ1v) is 5.96. The first-order valence-electron chi connectivity index (χ1n) is 5.96. The number of nitrogen functional groups attached to an aromatic ring is 1. The van der Waals surface area contributed by atoms with Crippen molar-refractivity contribution in [2.24, 2.45) is 5.73 Å². The molecule has 1 aromatic rings. The Balaban J connectivity index is 2.34. The average Bonchev–Trinajstić information content (AvgIpc) is 3.15. The summed E-state index contributed by atoms with van der Waals surface area (Å²) in [5.41, 5.74) is 12.8. The van der Waals surface area contributed by atoms with Crippen molar-refractivity contribution in [2.45, 2.75) is 25.3 Å². The monoisotopic (exact) mass is 244 g/mol. The van der Waals surface area contributed by atoms with Gasteiger partial charge in [-0.3, -0.25) is 4.79 Å². The van der Waals surface area contributed by atoms with Crippen molar-refractivity contribution in [1.29, 1.82) is 5.26 Å². The lowest BCUT2D eigenvalue weighted by molar-refractivity contribution is 0.100. The maximum atomic E-state index is 11.5. The highest BCUT2D eigenvalue weighted by atomic mass is 16.1. The lowest BCUT2D eigenvalue weighted by atomic mass is 10.1. The number of primary amides is 1. The summed E-state index contributed by atoms with van der Waals surface area (Å²) in [7, 11) is 0. The van der Waals surface area contributed by atoms with Gasteiger partial charge in [0.15, 0.2) is 0 Å². The van der Waals surface area contributed by atoms with Crippen LogP contribution in [0.15, 0.2) is 18.2 Å². The quantitative estimate of drug-likeness (QED) is 0.762. The Morgan fingerprint density at radius 3 is 2.78 bits per heavy atom. The standard InChI is InChI=1S/C13H16N4O/c14-6-1-7-17(10-3-4-10)12-5-2-9(15)8-11(12)13(16)18/h2,5,8,10H,1,3-4,7,15H2,(H2,16,18). The van der Waals surface area contributed by atoms with Gasteiger partial charge >= 0.3 is 0 Å². The smallest absolute Gasteiger partial charge is 0.250 e. The lowest BCUT2D eigenvalue weighted by Gasteiger charge is -2.25. The van der Waals surface area contributed by atoms with Crippen molar-refractivity contribution in [3.63, 3.8) is 0 Å². The SMILES string of the molecule is N#CCCN(c1ccc(N)cc1C(N)=O)C1CC1. The Kier molecular flexibility index (Phi) is 3.38. The van der Waals surface area contributed by atoms with Crippen LogP contribution >= 0.6 is 0 Å². The van der Waals surface area contributed by atoms with Crippen molar-refractivity contribution in [3.05, 3.63) is 23.8 Å². The van der Waals surface area contributed by atoms with Gasteiger partial charge in [0.1, 0.15) is 0 Å². The molecule has 1 fully saturated rings. The fourth-order valence-corrected chi connectivity index (χ4v) is 2.06. The van der Waals surface area contributed by atoms with Gasteiger partial charge in [-0.25, -0.2) is 0 Å². The molecule has 1 aliphatic carbocycles. The van der Waals surface area contributed by atoms with Crippen LogP contribution in [0, 0.1) is 11.3 Å². The van der Waals surface area contributed by atoms with Crippen LogP contribution < -0.4 is 16.4 Å². The third-order valence-corrected chi connectivity index (χ3v) is 3.05. The molecule has 4 N–H and O–H groups in total. The highest BCUT2D eigenvalue weighted by molar-refractivity contribution is 5.99. The van der Waals surface area contributed by atoms with Crippen molar-refractivity contribution in [1.82, 2.24) is 0 Å². The fraction of sp³-hybridized carbons (Fsp3) is 0.385. The molecule has 0 bridgehead atoms. The Bertz CT molecular complexity index is 502. The minimum Gasteiger partial charge on any atom is -0.399 e. The van der Waals surface area contributed by atoms with Crippen molar-refractivity contribution in [2.75, 3.05) is 17.2 Å². The van der Waals surface area contributed by atoms with E-state index < -0.39 is 5.91 Å². The van der Waals surface area contributed by atoms with E-state index in [0.717, 1.165) is 18.5 Å². The van der Waals surface area contributed by atoms with Crippen LogP contribution in [0.5, 0.6) is 0 Å². The van der Waals surface area contributed by atoms with E-state index in [1.807, 2.05) is 6.07 Å². The number of hydrogen-bond acceptors (Lipinski definition) is 4. The van der Waals surface area contributed by atoms with Crippen LogP contribution in [0.25, 0.3) is 0 Å². The number of rotatable bonds is 5. The average molecular weight is 244 g/mol. The maximum absolute atomic E-state index is 11.5. The highest BCUT2D eigenvalue weighted by Gasteiger charge is 2.30. The molecule has 0 aliphatic heterocycles. The van der Waals surface area contributed by atoms with E-state index in [2.05, 4.69) is 11.0 Å². The Morgan fingerprint density at radius 2 is 2.22 bits per heavy atom. The van der Waals surface area contributed by atoms with Crippen LogP contribution in [0.3, 0.4) is 0 Å². The maximum Gasteiger partial charge on any atom is 0.250 e. The molecule has 0 radical (unpaired) electrons. The Hall–Kier alpha value is -2.22. The van der Waals surface area contributed by atoms with Gasteiger partial charge in [-0.15, -0.1) is 0 Å². The van der Waals surface area contributed by atoms with E-state index in [0.29, 0.717) is 30.3 Å². The third-order valence-electron chi connectivity index (χ3n) is 3.05. The molecule has 18 heavy (non-hydrogen) atoms. The molecule has 1 amide bonds. The van der Waals surface area contributed by atoms with Crippen LogP contribution in [-0.4, -0.2) is 18.5 Å². The number of nitrogens with zero attached hydrogens (tertiary/aromatic N) is 2. The van der Waals surface area contributed by atoms with Crippen molar-refractivity contribution in [3.8, 4) is 6.07 Å². The molecule has 1 saturated carbocycles. The molecule has 2 rings (SSSR count). The summed E-state index contributed by atoms with van der Waals surface area (Å²) in [4.78, 5) is 13.6. The molecule has 1 aliphatic rings. The molecule has 0 saturated heterocycles. The number of benzene rings is 1. The Labute approximate surface area is 106 Å². The second-order valence-corrected chi connectivity index (χ2v) is 4.47. The topological polar surface area (TPSA) is 96.1 Å². The van der Waals surface area contributed by atoms with Crippen molar-refractivity contribution >= 4 is 17.3 Å². The summed E-state index contributed by atoms with van der Waals surface area (Å²) in [6.45, 7) is 0.616. The van der Waals surface area contributed by atoms with Crippen LogP contribution in [0.2, 0.25) is 0 Å². The van der Waals surface area contributed by atoms with Gasteiger partial charge < -0.3 is 16.4 Å². The Morgan fingerprint density at radius 1 is 1.50 bits per heavy atom. The van der Waals surface area contributed by atoms with E-state index in [1.165, 1.54) is 0 Å². The fourth-order valence-electron chi connectivity index (χ4n) is 2.06. The van der Waals surface area contributed by atoms with E-state index in [9.17, 15) is 4.79 Å². The third kappa shape index (κ3) is 2.54. The van der Waals surface area contributed by atoms with E-state index in [-0.39, 0.29) is 0 Å². The zero-order valence-corrected chi connectivity index (χ0v) is 10.1. The normalized spacial score (nSPS) is 13.9. The van der Waals surface area contributed by atoms with Gasteiger partial charge in [0.25, 0.3) is 5.91 Å². The second-order valence-electron chi connectivity index (χ2n) is 4.47. The van der Waals surface area contributed by atoms with E-state index in [1.54, 1.807) is 12.1 Å². The first kappa shape index (κ1) is 12.2. The van der Waals surface area contributed by atoms with Crippen molar-refractivity contribution < 1.29 is 4.79 Å². The van der Waals surface area contributed by atoms with Gasteiger partial charge in [-0.1, -0.05) is 0 Å². The number of hydrogen-bond donors (Lipinski definition) is 2. The molecular weight excluding hydrogens is 228 g/mol. The van der Waals surface area contributed by atoms with Gasteiger partial charge in [-0.2, -0.15) is 5.26 Å². The van der Waals surface area contributed by atoms with E-state index >= 15 is 0 Å². The molecule has 0 spiro atoms. The minimum absolute atomic E-state index is 0.417. The van der Waals surface area contributed by atoms with Gasteiger partial charge in [-0.05, 0) is 31.0 Å². The summed E-state index contributed by atoms with van der Waals surface area (Å²) in [6, 6.07) is 7.71. The number of nitrogens with two attached hydrogens (primary N) is 2. The molecular formula is C13H16N4O. The van der Waals surface area contributed by atoms with Gasteiger partial charge in [0, 0.05) is 24.0 Å². The predicted molar refractivity (Wildman–Crippen MR) is 70.0 cm³/mol. The largest absolute Gasteiger partial charge is 0.399 e. The summed E-state index contributed by atoms with van der Waals surface area (Å²) in [6.07, 6.45) is 2.61. The summed E-state index contributed by atoms with van der Waals surface area (Å²) in [5, 5.41) is 8.70. The predicted octanol–water partition coefficient (Wildman–Crippen LogP) is 1.25. The molecule has 5 nitrogen and oxygen atoms in total. The van der Waals surface area contributed by atoms with Crippen LogP contribution in [0.4, 0.5) is 11.4 Å².